The number of benzene rings is 2. The molecule has 3 amide bonds. The summed E-state index contributed by atoms with van der Waals surface area (Å²) in [6.07, 6.45) is 1.22. The van der Waals surface area contributed by atoms with Gasteiger partial charge >= 0.3 is 6.03 Å². The molecule has 0 bridgehead atoms. The summed E-state index contributed by atoms with van der Waals surface area (Å²) in [5.41, 5.74) is 3.84. The molecule has 1 spiro atoms. The van der Waals surface area contributed by atoms with Crippen LogP contribution in [-0.4, -0.2) is 33.7 Å². The van der Waals surface area contributed by atoms with Gasteiger partial charge in [0.05, 0.1) is 6.54 Å². The third-order valence-corrected chi connectivity index (χ3v) is 6.79. The molecule has 1 saturated heterocycles. The van der Waals surface area contributed by atoms with Crippen molar-refractivity contribution in [3.8, 4) is 5.69 Å². The lowest BCUT2D eigenvalue weighted by Gasteiger charge is -2.22. The molecular formula is C25H22ClN3O3. The van der Waals surface area contributed by atoms with Crippen LogP contribution in [0.1, 0.15) is 39.3 Å². The Morgan fingerprint density at radius 2 is 1.81 bits per heavy atom. The number of nitrogens with zero attached hydrogens (tertiary/aromatic N) is 2. The van der Waals surface area contributed by atoms with Gasteiger partial charge in [-0.05, 0) is 68.1 Å². The maximum atomic E-state index is 13.4. The van der Waals surface area contributed by atoms with E-state index >= 15 is 0 Å². The first-order chi connectivity index (χ1) is 15.3. The normalized spacial score (nSPS) is 19.5. The Morgan fingerprint density at radius 1 is 1.09 bits per heavy atom. The highest BCUT2D eigenvalue weighted by Gasteiger charge is 2.55. The van der Waals surface area contributed by atoms with E-state index in [1.807, 2.05) is 54.8 Å². The Kier molecular flexibility index (Phi) is 4.71. The van der Waals surface area contributed by atoms with Crippen molar-refractivity contribution in [1.29, 1.82) is 0 Å². The van der Waals surface area contributed by atoms with E-state index < -0.39 is 11.6 Å². The van der Waals surface area contributed by atoms with Crippen LogP contribution in [0.5, 0.6) is 0 Å². The molecule has 2 aromatic carbocycles. The van der Waals surface area contributed by atoms with Gasteiger partial charge in [-0.15, -0.1) is 0 Å². The Labute approximate surface area is 190 Å². The van der Waals surface area contributed by atoms with Crippen LogP contribution in [0.4, 0.5) is 4.79 Å². The van der Waals surface area contributed by atoms with E-state index in [1.54, 1.807) is 18.2 Å². The fourth-order valence-electron chi connectivity index (χ4n) is 4.99. The summed E-state index contributed by atoms with van der Waals surface area (Å²) in [6.45, 7) is 3.48. The molecule has 1 N–H and O–H groups in total. The molecule has 1 aliphatic carbocycles. The van der Waals surface area contributed by atoms with E-state index in [9.17, 15) is 14.4 Å². The van der Waals surface area contributed by atoms with Gasteiger partial charge in [-0.1, -0.05) is 35.9 Å². The number of ketones is 1. The number of aryl methyl sites for hydroxylation is 2. The van der Waals surface area contributed by atoms with Gasteiger partial charge in [-0.3, -0.25) is 14.5 Å². The molecule has 2 aliphatic rings. The number of imide groups is 1. The molecule has 3 aromatic rings. The second kappa shape index (κ2) is 7.35. The zero-order valence-corrected chi connectivity index (χ0v) is 18.6. The highest BCUT2D eigenvalue weighted by Crippen LogP contribution is 2.41. The topological polar surface area (TPSA) is 71.4 Å². The van der Waals surface area contributed by atoms with Crippen molar-refractivity contribution in [2.45, 2.75) is 32.2 Å². The highest BCUT2D eigenvalue weighted by molar-refractivity contribution is 6.30. The number of Topliss-reactive ketones (excluding diaryl/α,β-unsaturated/α-hetero) is 1. The first-order valence-corrected chi connectivity index (χ1v) is 10.9. The van der Waals surface area contributed by atoms with Crippen LogP contribution in [0, 0.1) is 13.8 Å². The van der Waals surface area contributed by atoms with Crippen molar-refractivity contribution in [2.24, 2.45) is 0 Å². The Morgan fingerprint density at radius 3 is 2.56 bits per heavy atom. The molecule has 7 heteroatoms. The summed E-state index contributed by atoms with van der Waals surface area (Å²) in [5, 5.41) is 3.50. The van der Waals surface area contributed by atoms with Crippen molar-refractivity contribution in [3.05, 3.63) is 87.7 Å². The van der Waals surface area contributed by atoms with E-state index in [2.05, 4.69) is 5.32 Å². The minimum Gasteiger partial charge on any atom is -0.319 e. The number of amides is 3. The number of urea groups is 1. The zero-order chi connectivity index (χ0) is 22.6. The lowest BCUT2D eigenvalue weighted by molar-refractivity contribution is -0.131. The number of hydrogen-bond acceptors (Lipinski definition) is 3. The molecule has 0 saturated carbocycles. The monoisotopic (exact) mass is 447 g/mol. The summed E-state index contributed by atoms with van der Waals surface area (Å²) < 4.78 is 1.96. The molecule has 2 heterocycles. The number of carbonyl (C=O) groups is 3. The van der Waals surface area contributed by atoms with Gasteiger partial charge < -0.3 is 9.88 Å². The van der Waals surface area contributed by atoms with Gasteiger partial charge in [0.25, 0.3) is 5.91 Å². The Bertz CT molecular complexity index is 1280. The van der Waals surface area contributed by atoms with Crippen molar-refractivity contribution >= 4 is 29.3 Å². The Hall–Kier alpha value is -3.38. The molecule has 5 rings (SSSR count). The van der Waals surface area contributed by atoms with E-state index in [1.165, 1.54) is 0 Å². The molecular weight excluding hydrogens is 426 g/mol. The predicted molar refractivity (Wildman–Crippen MR) is 121 cm³/mol. The van der Waals surface area contributed by atoms with Crippen LogP contribution in [0.25, 0.3) is 5.69 Å². The smallest absolute Gasteiger partial charge is 0.319 e. The summed E-state index contributed by atoms with van der Waals surface area (Å²) in [5.74, 6) is -0.627. The van der Waals surface area contributed by atoms with E-state index in [0.717, 1.165) is 33.1 Å². The maximum Gasteiger partial charge on any atom is 0.325 e. The third-order valence-electron chi connectivity index (χ3n) is 6.54. The number of aromatic nitrogens is 1. The third kappa shape index (κ3) is 2.98. The molecule has 0 radical (unpaired) electrons. The molecule has 1 aliphatic heterocycles. The summed E-state index contributed by atoms with van der Waals surface area (Å²) in [4.78, 5) is 40.4. The molecule has 162 valence electrons. The average Bonchev–Trinajstić information content (AvgIpc) is 3.37. The molecule has 1 fully saturated rings. The second-order valence-electron chi connectivity index (χ2n) is 8.40. The fraction of sp³-hybridized carbons (Fsp3) is 0.240. The minimum absolute atomic E-state index is 0.273. The van der Waals surface area contributed by atoms with Crippen molar-refractivity contribution in [3.63, 3.8) is 0 Å². The quantitative estimate of drug-likeness (QED) is 0.478. The van der Waals surface area contributed by atoms with Crippen LogP contribution < -0.4 is 5.32 Å². The molecule has 6 nitrogen and oxygen atoms in total. The van der Waals surface area contributed by atoms with Crippen LogP contribution in [-0.2, 0) is 16.8 Å². The average molecular weight is 448 g/mol. The second-order valence-corrected chi connectivity index (χ2v) is 8.84. The first kappa shape index (κ1) is 20.5. The minimum atomic E-state index is -1.06. The van der Waals surface area contributed by atoms with Gasteiger partial charge in [0, 0.05) is 27.7 Å². The number of fused-ring (bicyclic) bond motifs is 2. The van der Waals surface area contributed by atoms with Gasteiger partial charge in [-0.25, -0.2) is 4.79 Å². The number of nitrogens with one attached hydrogen (secondary N) is 1. The number of hydrogen-bond donors (Lipinski definition) is 1. The molecule has 32 heavy (non-hydrogen) atoms. The van der Waals surface area contributed by atoms with Gasteiger partial charge in [0.1, 0.15) is 5.54 Å². The zero-order valence-electron chi connectivity index (χ0n) is 17.8. The standard InChI is InChI=1S/C25H22ClN3O3/c1-15-13-20(16(2)29(15)19-9-7-18(26)8-10-19)22(30)14-28-23(31)25(27-24(28)32)12-11-17-5-3-4-6-21(17)25/h3-10,13H,11-12,14H2,1-2H3,(H,27,32)/t25-/m0/s1. The highest BCUT2D eigenvalue weighted by atomic mass is 35.5. The van der Waals surface area contributed by atoms with Crippen LogP contribution >= 0.6 is 11.6 Å². The van der Waals surface area contributed by atoms with Crippen molar-refractivity contribution in [1.82, 2.24) is 14.8 Å². The number of rotatable bonds is 4. The van der Waals surface area contributed by atoms with Crippen molar-refractivity contribution < 1.29 is 14.4 Å². The fourth-order valence-corrected chi connectivity index (χ4v) is 5.12. The van der Waals surface area contributed by atoms with Crippen LogP contribution in [0.3, 0.4) is 0 Å². The number of carbonyl (C=O) groups excluding carboxylic acids is 3. The predicted octanol–water partition coefficient (Wildman–Crippen LogP) is 4.32. The largest absolute Gasteiger partial charge is 0.325 e. The molecule has 1 atom stereocenters. The summed E-state index contributed by atoms with van der Waals surface area (Å²) in [6, 6.07) is 16.3. The summed E-state index contributed by atoms with van der Waals surface area (Å²) in [7, 11) is 0. The lowest BCUT2D eigenvalue weighted by atomic mass is 9.92. The van der Waals surface area contributed by atoms with Crippen LogP contribution in [0.15, 0.2) is 54.6 Å². The van der Waals surface area contributed by atoms with Gasteiger partial charge in [-0.2, -0.15) is 0 Å². The maximum absolute atomic E-state index is 13.4. The van der Waals surface area contributed by atoms with E-state index in [-0.39, 0.29) is 18.2 Å². The molecule has 1 aromatic heterocycles. The summed E-state index contributed by atoms with van der Waals surface area (Å²) >= 11 is 6.00. The Balaban J connectivity index is 1.43. The van der Waals surface area contributed by atoms with Crippen molar-refractivity contribution in [2.75, 3.05) is 6.54 Å². The van der Waals surface area contributed by atoms with Gasteiger partial charge in [0.2, 0.25) is 0 Å². The van der Waals surface area contributed by atoms with Gasteiger partial charge in [0.15, 0.2) is 5.78 Å². The number of halogens is 1. The van der Waals surface area contributed by atoms with Crippen LogP contribution in [0.2, 0.25) is 5.02 Å². The molecule has 0 unspecified atom stereocenters. The van der Waals surface area contributed by atoms with E-state index in [0.29, 0.717) is 23.4 Å². The first-order valence-electron chi connectivity index (χ1n) is 10.5. The SMILES string of the molecule is Cc1cc(C(=O)CN2C(=O)N[C@]3(CCc4ccccc43)C2=O)c(C)n1-c1ccc(Cl)cc1. The lowest BCUT2D eigenvalue weighted by Crippen LogP contribution is -2.42. The van der Waals surface area contributed by atoms with E-state index in [4.69, 9.17) is 11.6 Å².